The first-order chi connectivity index (χ1) is 11.0. The van der Waals surface area contributed by atoms with Crippen LogP contribution in [0.15, 0.2) is 22.1 Å². The molecule has 0 amide bonds. The van der Waals surface area contributed by atoms with Crippen molar-refractivity contribution in [3.63, 3.8) is 0 Å². The molecule has 0 bridgehead atoms. The molecule has 2 rings (SSSR count). The first-order valence-corrected chi connectivity index (χ1v) is 7.77. The summed E-state index contributed by atoms with van der Waals surface area (Å²) in [6, 6.07) is 3.86. The van der Waals surface area contributed by atoms with E-state index in [1.165, 1.54) is 6.34 Å². The summed E-state index contributed by atoms with van der Waals surface area (Å²) in [4.78, 5) is 22.8. The summed E-state index contributed by atoms with van der Waals surface area (Å²) in [5.74, 6) is 0.231. The molecular weight excluding hydrogens is 296 g/mol. The van der Waals surface area contributed by atoms with Gasteiger partial charge in [-0.05, 0) is 25.0 Å². The molecule has 3 N–H and O–H groups in total. The van der Waals surface area contributed by atoms with Gasteiger partial charge >= 0.3 is 5.97 Å². The van der Waals surface area contributed by atoms with Gasteiger partial charge in [-0.15, -0.1) is 0 Å². The fourth-order valence-electron chi connectivity index (χ4n) is 2.45. The highest BCUT2D eigenvalue weighted by atomic mass is 16.6. The summed E-state index contributed by atoms with van der Waals surface area (Å²) in [5, 5.41) is 0. The van der Waals surface area contributed by atoms with Gasteiger partial charge in [0.25, 0.3) is 0 Å². The van der Waals surface area contributed by atoms with E-state index in [0.717, 1.165) is 24.2 Å². The molecule has 1 aliphatic heterocycles. The number of rotatable bonds is 5. The van der Waals surface area contributed by atoms with Crippen LogP contribution in [-0.2, 0) is 14.3 Å². The standard InChI is InChI=1S/C16H24N4O3/c1-10(2)16(21)22-8-11-4-7-14(23-11)12-5-6-13(20-12)15(18-3)19-9-17/h5-6,9-11,14,20H,4,7-8H2,1-3H3,(H2,17,18,19). The second-order valence-electron chi connectivity index (χ2n) is 5.76. The van der Waals surface area contributed by atoms with Gasteiger partial charge in [-0.3, -0.25) is 9.79 Å². The SMILES string of the molecule is CN=C(N=CN)c1ccc(C2CCC(COC(=O)C(C)C)O2)[nH]1. The number of aromatic amines is 1. The Morgan fingerprint density at radius 2 is 2.30 bits per heavy atom. The topological polar surface area (TPSA) is 102 Å². The number of aromatic nitrogens is 1. The zero-order chi connectivity index (χ0) is 16.8. The van der Waals surface area contributed by atoms with Gasteiger partial charge < -0.3 is 20.2 Å². The molecule has 1 aromatic rings. The molecule has 1 aromatic heterocycles. The lowest BCUT2D eigenvalue weighted by molar-refractivity contribution is -0.151. The number of nitrogens with zero attached hydrogens (tertiary/aromatic N) is 2. The van der Waals surface area contributed by atoms with Gasteiger partial charge in [0.15, 0.2) is 5.84 Å². The van der Waals surface area contributed by atoms with Crippen molar-refractivity contribution in [1.82, 2.24) is 4.98 Å². The minimum atomic E-state index is -0.192. The molecule has 23 heavy (non-hydrogen) atoms. The second-order valence-corrected chi connectivity index (χ2v) is 5.76. The van der Waals surface area contributed by atoms with Crippen molar-refractivity contribution in [3.8, 4) is 0 Å². The van der Waals surface area contributed by atoms with E-state index in [0.29, 0.717) is 12.4 Å². The van der Waals surface area contributed by atoms with Gasteiger partial charge in [0.1, 0.15) is 6.61 Å². The van der Waals surface area contributed by atoms with Crippen LogP contribution in [0, 0.1) is 5.92 Å². The highest BCUT2D eigenvalue weighted by Crippen LogP contribution is 2.32. The Hall–Kier alpha value is -2.15. The molecule has 0 aromatic carbocycles. The number of ether oxygens (including phenoxy) is 2. The van der Waals surface area contributed by atoms with E-state index < -0.39 is 0 Å². The molecule has 0 saturated carbocycles. The molecule has 2 heterocycles. The molecule has 7 nitrogen and oxygen atoms in total. The van der Waals surface area contributed by atoms with Crippen molar-refractivity contribution in [2.24, 2.45) is 21.6 Å². The lowest BCUT2D eigenvalue weighted by Crippen LogP contribution is -2.20. The maximum absolute atomic E-state index is 11.5. The van der Waals surface area contributed by atoms with Crippen LogP contribution in [0.25, 0.3) is 0 Å². The van der Waals surface area contributed by atoms with Gasteiger partial charge in [0.05, 0.1) is 30.2 Å². The zero-order valence-corrected chi connectivity index (χ0v) is 13.8. The Morgan fingerprint density at radius 3 is 2.96 bits per heavy atom. The van der Waals surface area contributed by atoms with Crippen molar-refractivity contribution in [2.75, 3.05) is 13.7 Å². The van der Waals surface area contributed by atoms with E-state index in [9.17, 15) is 4.79 Å². The number of aliphatic imine (C=N–C) groups is 2. The van der Waals surface area contributed by atoms with Gasteiger partial charge in [0, 0.05) is 12.7 Å². The Morgan fingerprint density at radius 1 is 1.52 bits per heavy atom. The first-order valence-electron chi connectivity index (χ1n) is 7.77. The third kappa shape index (κ3) is 4.41. The molecule has 0 aliphatic carbocycles. The van der Waals surface area contributed by atoms with Crippen LogP contribution < -0.4 is 5.73 Å². The number of nitrogens with one attached hydrogen (secondary N) is 1. The van der Waals surface area contributed by atoms with Crippen LogP contribution in [0.1, 0.15) is 44.2 Å². The van der Waals surface area contributed by atoms with Crippen LogP contribution in [0.4, 0.5) is 0 Å². The van der Waals surface area contributed by atoms with Crippen LogP contribution in [0.5, 0.6) is 0 Å². The van der Waals surface area contributed by atoms with Crippen LogP contribution in [-0.4, -0.2) is 42.9 Å². The Balaban J connectivity index is 1.92. The van der Waals surface area contributed by atoms with Gasteiger partial charge in [0.2, 0.25) is 0 Å². The molecule has 0 spiro atoms. The first kappa shape index (κ1) is 17.2. The Kier molecular flexibility index (Phi) is 5.92. The Bertz CT molecular complexity index is 592. The molecule has 7 heteroatoms. The highest BCUT2D eigenvalue weighted by molar-refractivity contribution is 6.01. The summed E-state index contributed by atoms with van der Waals surface area (Å²) >= 11 is 0. The molecule has 1 aliphatic rings. The van der Waals surface area contributed by atoms with E-state index in [-0.39, 0.29) is 24.1 Å². The van der Waals surface area contributed by atoms with Crippen LogP contribution in [0.2, 0.25) is 0 Å². The summed E-state index contributed by atoms with van der Waals surface area (Å²) in [6.45, 7) is 3.94. The minimum Gasteiger partial charge on any atom is -0.463 e. The molecule has 1 saturated heterocycles. The summed E-state index contributed by atoms with van der Waals surface area (Å²) in [5.41, 5.74) is 7.07. The monoisotopic (exact) mass is 320 g/mol. The normalized spacial score (nSPS) is 22.2. The van der Waals surface area contributed by atoms with Crippen molar-refractivity contribution < 1.29 is 14.3 Å². The van der Waals surface area contributed by atoms with Gasteiger partial charge in [-0.1, -0.05) is 13.8 Å². The van der Waals surface area contributed by atoms with Gasteiger partial charge in [-0.25, -0.2) is 4.99 Å². The van der Waals surface area contributed by atoms with Crippen molar-refractivity contribution in [1.29, 1.82) is 0 Å². The average molecular weight is 320 g/mol. The lowest BCUT2D eigenvalue weighted by atomic mass is 10.1. The number of esters is 1. The van der Waals surface area contributed by atoms with Crippen molar-refractivity contribution in [3.05, 3.63) is 23.5 Å². The third-order valence-corrected chi connectivity index (χ3v) is 3.70. The maximum atomic E-state index is 11.5. The number of H-pyrrole nitrogens is 1. The van der Waals surface area contributed by atoms with E-state index in [1.807, 2.05) is 26.0 Å². The van der Waals surface area contributed by atoms with E-state index in [1.54, 1.807) is 7.05 Å². The number of carbonyl (C=O) groups is 1. The van der Waals surface area contributed by atoms with Gasteiger partial charge in [-0.2, -0.15) is 0 Å². The minimum absolute atomic E-state index is 0.0357. The average Bonchev–Trinajstić information content (AvgIpc) is 3.18. The molecule has 2 unspecified atom stereocenters. The van der Waals surface area contributed by atoms with Crippen molar-refractivity contribution in [2.45, 2.75) is 38.9 Å². The molecule has 0 radical (unpaired) electrons. The number of hydrogen-bond acceptors (Lipinski definition) is 4. The predicted molar refractivity (Wildman–Crippen MR) is 88.6 cm³/mol. The molecule has 126 valence electrons. The van der Waals surface area contributed by atoms with E-state index in [2.05, 4.69) is 15.0 Å². The quantitative estimate of drug-likeness (QED) is 0.490. The van der Waals surface area contributed by atoms with Crippen molar-refractivity contribution >= 4 is 18.1 Å². The fraction of sp³-hybridized carbons (Fsp3) is 0.562. The summed E-state index contributed by atoms with van der Waals surface area (Å²) < 4.78 is 11.2. The van der Waals surface area contributed by atoms with E-state index in [4.69, 9.17) is 15.2 Å². The summed E-state index contributed by atoms with van der Waals surface area (Å²) in [6.07, 6.45) is 2.86. The largest absolute Gasteiger partial charge is 0.463 e. The molecule has 2 atom stereocenters. The molecular formula is C16H24N4O3. The second kappa shape index (κ2) is 7.92. The number of nitrogens with two attached hydrogens (primary N) is 1. The number of hydrogen-bond donors (Lipinski definition) is 2. The zero-order valence-electron chi connectivity index (χ0n) is 13.8. The molecule has 1 fully saturated rings. The lowest BCUT2D eigenvalue weighted by Gasteiger charge is -2.14. The smallest absolute Gasteiger partial charge is 0.308 e. The summed E-state index contributed by atoms with van der Waals surface area (Å²) in [7, 11) is 1.66. The number of carbonyl (C=O) groups excluding carboxylic acids is 1. The highest BCUT2D eigenvalue weighted by Gasteiger charge is 2.28. The Labute approximate surface area is 136 Å². The fourth-order valence-corrected chi connectivity index (χ4v) is 2.45. The predicted octanol–water partition coefficient (Wildman–Crippen LogP) is 1.80. The van der Waals surface area contributed by atoms with Crippen LogP contribution >= 0.6 is 0 Å². The number of amidine groups is 1. The van der Waals surface area contributed by atoms with Crippen LogP contribution in [0.3, 0.4) is 0 Å². The third-order valence-electron chi connectivity index (χ3n) is 3.70. The maximum Gasteiger partial charge on any atom is 0.308 e. The van der Waals surface area contributed by atoms with E-state index >= 15 is 0 Å².